The molecule has 2 aromatic rings. The Bertz CT molecular complexity index is 917. The van der Waals surface area contributed by atoms with Crippen LogP contribution in [0.5, 0.6) is 0 Å². The third-order valence-corrected chi connectivity index (χ3v) is 7.80. The van der Waals surface area contributed by atoms with E-state index in [1.165, 1.54) is 12.8 Å². The number of fused-ring (bicyclic) bond motifs is 1. The lowest BCUT2D eigenvalue weighted by atomic mass is 9.69. The molecule has 2 aromatic heterocycles. The van der Waals surface area contributed by atoms with Gasteiger partial charge in [0.05, 0.1) is 36.8 Å². The smallest absolute Gasteiger partial charge is 0.231 e. The van der Waals surface area contributed by atoms with Crippen molar-refractivity contribution in [3.63, 3.8) is 0 Å². The summed E-state index contributed by atoms with van der Waals surface area (Å²) in [6, 6.07) is 0. The van der Waals surface area contributed by atoms with E-state index in [-0.39, 0.29) is 11.3 Å². The maximum atomic E-state index is 13.3. The van der Waals surface area contributed by atoms with Gasteiger partial charge in [0.1, 0.15) is 12.1 Å². The molecule has 4 bridgehead atoms. The monoisotopic (exact) mass is 396 g/mol. The van der Waals surface area contributed by atoms with Crippen molar-refractivity contribution in [2.45, 2.75) is 38.6 Å². The van der Waals surface area contributed by atoms with Crippen LogP contribution in [0.15, 0.2) is 12.5 Å². The lowest BCUT2D eigenvalue weighted by Gasteiger charge is -2.36. The Hall–Kier alpha value is -2.06. The molecule has 0 spiro atoms. The molecule has 1 N–H and O–H groups in total. The average molecular weight is 396 g/mol. The van der Waals surface area contributed by atoms with Gasteiger partial charge < -0.3 is 10.1 Å². The number of ether oxygens (including phenoxy) is 1. The highest BCUT2D eigenvalue weighted by Gasteiger charge is 2.59. The molecule has 4 aliphatic carbocycles. The molecule has 1 amide bonds. The molecule has 5 fully saturated rings. The summed E-state index contributed by atoms with van der Waals surface area (Å²) in [6.45, 7) is 5.19. The Morgan fingerprint density at radius 2 is 1.93 bits per heavy atom. The molecule has 1 aliphatic heterocycles. The molecule has 2 atom stereocenters. The van der Waals surface area contributed by atoms with Gasteiger partial charge in [-0.2, -0.15) is 5.10 Å². The number of hydrogen-bond acceptors (Lipinski definition) is 6. The van der Waals surface area contributed by atoms with Gasteiger partial charge in [-0.15, -0.1) is 0 Å². The first-order valence-corrected chi connectivity index (χ1v) is 11.0. The van der Waals surface area contributed by atoms with Crippen molar-refractivity contribution in [2.24, 2.45) is 23.2 Å². The van der Waals surface area contributed by atoms with Crippen LogP contribution in [0.2, 0.25) is 0 Å². The zero-order chi connectivity index (χ0) is 19.4. The number of hydrogen-bond donors (Lipinski definition) is 1. The molecule has 0 aromatic carbocycles. The van der Waals surface area contributed by atoms with Crippen LogP contribution >= 0.6 is 0 Å². The second-order valence-corrected chi connectivity index (χ2v) is 9.49. The minimum Gasteiger partial charge on any atom is -0.379 e. The number of nitrogens with zero attached hydrogens (tertiary/aromatic N) is 5. The molecule has 154 valence electrons. The largest absolute Gasteiger partial charge is 0.379 e. The van der Waals surface area contributed by atoms with Crippen molar-refractivity contribution >= 4 is 22.8 Å². The van der Waals surface area contributed by atoms with Crippen LogP contribution in [0.3, 0.4) is 0 Å². The molecule has 1 saturated heterocycles. The first-order chi connectivity index (χ1) is 14.2. The Balaban J connectivity index is 1.19. The summed E-state index contributed by atoms with van der Waals surface area (Å²) in [5.41, 5.74) is 0.622. The summed E-state index contributed by atoms with van der Waals surface area (Å²) in [5.74, 6) is 3.07. The number of aromatic nitrogens is 4. The average Bonchev–Trinajstić information content (AvgIpc) is 3.36. The number of nitrogens with one attached hydrogen (secondary N) is 1. The fraction of sp³-hybridized carbons (Fsp3) is 0.714. The van der Waals surface area contributed by atoms with Gasteiger partial charge in [0.2, 0.25) is 5.91 Å². The highest BCUT2D eigenvalue weighted by molar-refractivity contribution is 6.01. The van der Waals surface area contributed by atoms with Gasteiger partial charge in [-0.25, -0.2) is 14.6 Å². The van der Waals surface area contributed by atoms with Gasteiger partial charge in [0.25, 0.3) is 0 Å². The third-order valence-electron chi connectivity index (χ3n) is 7.80. The van der Waals surface area contributed by atoms with Crippen molar-refractivity contribution in [1.82, 2.24) is 24.6 Å². The summed E-state index contributed by atoms with van der Waals surface area (Å²) in [6.07, 6.45) is 9.19. The van der Waals surface area contributed by atoms with Crippen LogP contribution < -0.4 is 5.32 Å². The predicted molar refractivity (Wildman–Crippen MR) is 107 cm³/mol. The summed E-state index contributed by atoms with van der Waals surface area (Å²) >= 11 is 0. The molecule has 8 heteroatoms. The molecule has 5 aliphatic rings. The van der Waals surface area contributed by atoms with Gasteiger partial charge >= 0.3 is 0 Å². The summed E-state index contributed by atoms with van der Waals surface area (Å²) in [5, 5.41) is 8.52. The maximum absolute atomic E-state index is 13.3. The molecule has 3 heterocycles. The number of morpholine rings is 1. The van der Waals surface area contributed by atoms with E-state index in [0.717, 1.165) is 87.4 Å². The fourth-order valence-corrected chi connectivity index (χ4v) is 6.55. The lowest BCUT2D eigenvalue weighted by molar-refractivity contribution is -0.128. The van der Waals surface area contributed by atoms with Crippen molar-refractivity contribution in [2.75, 3.05) is 38.2 Å². The van der Waals surface area contributed by atoms with Gasteiger partial charge in [-0.3, -0.25) is 9.69 Å². The van der Waals surface area contributed by atoms with E-state index in [4.69, 9.17) is 4.74 Å². The minimum absolute atomic E-state index is 0.162. The number of carbonyl (C=O) groups is 1. The first-order valence-electron chi connectivity index (χ1n) is 11.0. The maximum Gasteiger partial charge on any atom is 0.231 e. The number of rotatable bonds is 5. The minimum atomic E-state index is -0.167. The topological polar surface area (TPSA) is 85.2 Å². The van der Waals surface area contributed by atoms with E-state index in [1.807, 2.05) is 4.68 Å². The van der Waals surface area contributed by atoms with Gasteiger partial charge in [-0.1, -0.05) is 0 Å². The highest BCUT2D eigenvalue weighted by atomic mass is 16.5. The number of anilines is 1. The lowest BCUT2D eigenvalue weighted by Crippen LogP contribution is -2.39. The van der Waals surface area contributed by atoms with Crippen LogP contribution in [0, 0.1) is 23.2 Å². The van der Waals surface area contributed by atoms with Crippen LogP contribution in [0.4, 0.5) is 5.82 Å². The van der Waals surface area contributed by atoms with Crippen LogP contribution in [0.25, 0.3) is 11.0 Å². The standard InChI is InChI=1S/C21H28N6O2/c28-20(21-9-14-7-15(10-21)16(8-14)11-21)25-18-17-12-24-27(19(17)23-13-22-18)2-1-26-3-5-29-6-4-26/h12-16H,1-11H2,(H,22,23,25,28). The number of carbonyl (C=O) groups excluding carboxylic acids is 1. The zero-order valence-corrected chi connectivity index (χ0v) is 16.7. The Kier molecular flexibility index (Phi) is 4.13. The van der Waals surface area contributed by atoms with E-state index >= 15 is 0 Å². The SMILES string of the molecule is O=C(Nc1ncnc2c1cnn2CCN1CCOCC1)C12CC3CC(C1)C(C3)C2. The van der Waals surface area contributed by atoms with Crippen molar-refractivity contribution < 1.29 is 9.53 Å². The first kappa shape index (κ1) is 17.8. The van der Waals surface area contributed by atoms with Crippen molar-refractivity contribution in [3.8, 4) is 0 Å². The fourth-order valence-electron chi connectivity index (χ4n) is 6.55. The van der Waals surface area contributed by atoms with Crippen LogP contribution in [-0.2, 0) is 16.1 Å². The van der Waals surface area contributed by atoms with E-state index in [0.29, 0.717) is 5.82 Å². The van der Waals surface area contributed by atoms with Gasteiger partial charge in [0, 0.05) is 19.6 Å². The molecule has 2 unspecified atom stereocenters. The second-order valence-electron chi connectivity index (χ2n) is 9.49. The normalized spacial score (nSPS) is 33.6. The van der Waals surface area contributed by atoms with Gasteiger partial charge in [-0.05, 0) is 49.9 Å². The van der Waals surface area contributed by atoms with Crippen molar-refractivity contribution in [3.05, 3.63) is 12.5 Å². The molecule has 8 nitrogen and oxygen atoms in total. The van der Waals surface area contributed by atoms with Crippen LogP contribution in [-0.4, -0.2) is 63.4 Å². The van der Waals surface area contributed by atoms with E-state index in [2.05, 4.69) is 25.3 Å². The van der Waals surface area contributed by atoms with E-state index in [1.54, 1.807) is 12.5 Å². The van der Waals surface area contributed by atoms with E-state index < -0.39 is 0 Å². The molecule has 4 saturated carbocycles. The summed E-state index contributed by atoms with van der Waals surface area (Å²) in [7, 11) is 0. The Labute approximate surface area is 170 Å². The second kappa shape index (κ2) is 6.74. The Morgan fingerprint density at radius 3 is 2.69 bits per heavy atom. The number of amides is 1. The molecular formula is C21H28N6O2. The summed E-state index contributed by atoms with van der Waals surface area (Å²) in [4.78, 5) is 24.5. The third kappa shape index (κ3) is 2.95. The van der Waals surface area contributed by atoms with Crippen molar-refractivity contribution in [1.29, 1.82) is 0 Å². The Morgan fingerprint density at radius 1 is 1.14 bits per heavy atom. The quantitative estimate of drug-likeness (QED) is 0.831. The molecule has 29 heavy (non-hydrogen) atoms. The molecular weight excluding hydrogens is 368 g/mol. The predicted octanol–water partition coefficient (Wildman–Crippen LogP) is 1.92. The molecule has 7 rings (SSSR count). The zero-order valence-electron chi connectivity index (χ0n) is 16.7. The van der Waals surface area contributed by atoms with Gasteiger partial charge in [0.15, 0.2) is 5.65 Å². The van der Waals surface area contributed by atoms with E-state index in [9.17, 15) is 4.79 Å². The molecule has 0 radical (unpaired) electrons. The summed E-state index contributed by atoms with van der Waals surface area (Å²) < 4.78 is 7.33. The van der Waals surface area contributed by atoms with Crippen LogP contribution in [0.1, 0.15) is 32.1 Å². The highest BCUT2D eigenvalue weighted by Crippen LogP contribution is 2.64.